The maximum Gasteiger partial charge on any atom is 0.307 e. The third kappa shape index (κ3) is 4.28. The molecule has 2 aromatic heterocycles. The quantitative estimate of drug-likeness (QED) is 0.446. The highest BCUT2D eigenvalue weighted by atomic mass is 35.5. The zero-order valence-electron chi connectivity index (χ0n) is 15.8. The maximum atomic E-state index is 12.7. The molecule has 0 bridgehead atoms. The van der Waals surface area contributed by atoms with E-state index in [1.807, 2.05) is 30.5 Å². The number of rotatable bonds is 7. The Kier molecular flexibility index (Phi) is 5.89. The fourth-order valence-corrected chi connectivity index (χ4v) is 3.19. The van der Waals surface area contributed by atoms with Gasteiger partial charge in [0.2, 0.25) is 5.82 Å². The molecule has 146 valence electrons. The van der Waals surface area contributed by atoms with E-state index < -0.39 is 0 Å². The van der Waals surface area contributed by atoms with Crippen molar-refractivity contribution >= 4 is 23.4 Å². The number of Topliss-reactive ketones (excluding diaryl/α,β-unsaturated/α-hetero) is 1. The van der Waals surface area contributed by atoms with Crippen LogP contribution in [0.15, 0.2) is 30.3 Å². The molecule has 0 aliphatic heterocycles. The molecule has 0 amide bonds. The molecule has 0 N–H and O–H groups in total. The minimum Gasteiger partial charge on any atom is -0.469 e. The van der Waals surface area contributed by atoms with E-state index in [4.69, 9.17) is 11.6 Å². The maximum absolute atomic E-state index is 12.7. The monoisotopic (exact) mass is 401 g/mol. The Hall–Kier alpha value is -3.00. The third-order valence-corrected chi connectivity index (χ3v) is 4.70. The second kappa shape index (κ2) is 8.35. The van der Waals surface area contributed by atoms with Crippen molar-refractivity contribution in [1.82, 2.24) is 24.8 Å². The van der Waals surface area contributed by atoms with Gasteiger partial charge in [0.25, 0.3) is 0 Å². The van der Waals surface area contributed by atoms with Crippen molar-refractivity contribution in [3.63, 3.8) is 0 Å². The summed E-state index contributed by atoms with van der Waals surface area (Å²) in [6, 6.07) is 8.93. The van der Waals surface area contributed by atoms with Gasteiger partial charge in [0.15, 0.2) is 5.78 Å². The van der Waals surface area contributed by atoms with Crippen LogP contribution in [0.2, 0.25) is 5.02 Å². The first-order chi connectivity index (χ1) is 13.4. The van der Waals surface area contributed by atoms with Crippen molar-refractivity contribution in [3.8, 4) is 11.4 Å². The molecule has 3 rings (SSSR count). The van der Waals surface area contributed by atoms with E-state index in [0.717, 1.165) is 17.0 Å². The van der Waals surface area contributed by atoms with E-state index in [1.165, 1.54) is 11.9 Å². The lowest BCUT2D eigenvalue weighted by Gasteiger charge is -2.08. The van der Waals surface area contributed by atoms with Gasteiger partial charge in [0.1, 0.15) is 6.54 Å². The Morgan fingerprint density at radius 3 is 2.71 bits per heavy atom. The largest absolute Gasteiger partial charge is 0.469 e. The lowest BCUT2D eigenvalue weighted by Crippen LogP contribution is -2.15. The van der Waals surface area contributed by atoms with Crippen LogP contribution in [0.5, 0.6) is 0 Å². The van der Waals surface area contributed by atoms with Crippen molar-refractivity contribution < 1.29 is 14.3 Å². The Bertz CT molecular complexity index is 1020. The molecule has 0 saturated heterocycles. The van der Waals surface area contributed by atoms with Crippen LogP contribution in [-0.4, -0.2) is 43.6 Å². The molecule has 1 aromatic carbocycles. The zero-order valence-corrected chi connectivity index (χ0v) is 16.6. The molecule has 8 nitrogen and oxygen atoms in total. The summed E-state index contributed by atoms with van der Waals surface area (Å²) in [7, 11) is 1.36. The molecule has 9 heteroatoms. The van der Waals surface area contributed by atoms with Crippen molar-refractivity contribution in [2.24, 2.45) is 0 Å². The number of tetrazole rings is 1. The lowest BCUT2D eigenvalue weighted by molar-refractivity contribution is -0.140. The van der Waals surface area contributed by atoms with Gasteiger partial charge in [-0.2, -0.15) is 4.80 Å². The molecular formula is C19H20ClN5O3. The van der Waals surface area contributed by atoms with Crippen LogP contribution in [0.4, 0.5) is 0 Å². The van der Waals surface area contributed by atoms with Crippen LogP contribution >= 0.6 is 11.6 Å². The first-order valence-electron chi connectivity index (χ1n) is 8.69. The van der Waals surface area contributed by atoms with Crippen LogP contribution < -0.4 is 0 Å². The van der Waals surface area contributed by atoms with E-state index in [1.54, 1.807) is 18.2 Å². The van der Waals surface area contributed by atoms with Crippen molar-refractivity contribution in [2.75, 3.05) is 7.11 Å². The van der Waals surface area contributed by atoms with E-state index >= 15 is 0 Å². The molecule has 3 aromatic rings. The molecule has 0 unspecified atom stereocenters. The average molecular weight is 402 g/mol. The number of halogens is 1. The summed E-state index contributed by atoms with van der Waals surface area (Å²) in [6.45, 7) is 4.17. The van der Waals surface area contributed by atoms with Crippen LogP contribution in [0.3, 0.4) is 0 Å². The van der Waals surface area contributed by atoms with Crippen LogP contribution in [0.25, 0.3) is 11.4 Å². The molecule has 0 fully saturated rings. The smallest absolute Gasteiger partial charge is 0.307 e. The first-order valence-corrected chi connectivity index (χ1v) is 9.07. The number of ketones is 1. The average Bonchev–Trinajstić information content (AvgIpc) is 3.24. The van der Waals surface area contributed by atoms with Crippen molar-refractivity contribution in [1.29, 1.82) is 0 Å². The Balaban J connectivity index is 1.74. The molecule has 2 heterocycles. The minimum atomic E-state index is -0.291. The van der Waals surface area contributed by atoms with Gasteiger partial charge >= 0.3 is 5.97 Å². The van der Waals surface area contributed by atoms with Crippen molar-refractivity contribution in [3.05, 3.63) is 52.3 Å². The van der Waals surface area contributed by atoms with Crippen LogP contribution in [0.1, 0.15) is 28.2 Å². The Labute approximate surface area is 167 Å². The number of carbonyl (C=O) groups is 2. The highest BCUT2D eigenvalue weighted by Gasteiger charge is 2.18. The summed E-state index contributed by atoms with van der Waals surface area (Å²) < 4.78 is 6.60. The number of hydrogen-bond acceptors (Lipinski definition) is 6. The van der Waals surface area contributed by atoms with Crippen molar-refractivity contribution in [2.45, 2.75) is 33.4 Å². The number of methoxy groups -OCH3 is 1. The van der Waals surface area contributed by atoms with E-state index in [-0.39, 0.29) is 24.7 Å². The molecule has 0 aliphatic carbocycles. The van der Waals surface area contributed by atoms with E-state index in [2.05, 4.69) is 20.1 Å². The summed E-state index contributed by atoms with van der Waals surface area (Å²) in [5.41, 5.74) is 2.99. The SMILES string of the molecule is COC(=O)CCn1c(C)cc(C(=O)Cn2nnc(-c3cccc(Cl)c3)n2)c1C. The minimum absolute atomic E-state index is 0.0329. The molecule has 0 spiro atoms. The first kappa shape index (κ1) is 19.8. The predicted molar refractivity (Wildman–Crippen MR) is 103 cm³/mol. The number of benzene rings is 1. The molecule has 0 saturated carbocycles. The second-order valence-electron chi connectivity index (χ2n) is 6.34. The number of esters is 1. The van der Waals surface area contributed by atoms with Gasteiger partial charge in [0, 0.05) is 34.1 Å². The normalized spacial score (nSPS) is 10.9. The Morgan fingerprint density at radius 2 is 2.00 bits per heavy atom. The summed E-state index contributed by atoms with van der Waals surface area (Å²) in [5, 5.41) is 12.8. The molecule has 28 heavy (non-hydrogen) atoms. The lowest BCUT2D eigenvalue weighted by atomic mass is 10.1. The predicted octanol–water partition coefficient (Wildman–Crippen LogP) is 2.86. The summed E-state index contributed by atoms with van der Waals surface area (Å²) in [4.78, 5) is 25.4. The Morgan fingerprint density at radius 1 is 1.21 bits per heavy atom. The fourth-order valence-electron chi connectivity index (χ4n) is 3.00. The van der Waals surface area contributed by atoms with E-state index in [0.29, 0.717) is 23.0 Å². The van der Waals surface area contributed by atoms with Crippen LogP contribution in [-0.2, 0) is 22.6 Å². The number of aromatic nitrogens is 5. The zero-order chi connectivity index (χ0) is 20.3. The topological polar surface area (TPSA) is 91.9 Å². The van der Waals surface area contributed by atoms with E-state index in [9.17, 15) is 9.59 Å². The van der Waals surface area contributed by atoms with Gasteiger partial charge in [-0.3, -0.25) is 9.59 Å². The third-order valence-electron chi connectivity index (χ3n) is 4.46. The highest BCUT2D eigenvalue weighted by Crippen LogP contribution is 2.19. The van der Waals surface area contributed by atoms with Crippen LogP contribution in [0, 0.1) is 13.8 Å². The molecular weight excluding hydrogens is 382 g/mol. The van der Waals surface area contributed by atoms with Gasteiger partial charge in [-0.25, -0.2) is 0 Å². The van der Waals surface area contributed by atoms with Gasteiger partial charge < -0.3 is 9.30 Å². The molecule has 0 atom stereocenters. The second-order valence-corrected chi connectivity index (χ2v) is 6.78. The molecule has 0 aliphatic rings. The number of ether oxygens (including phenoxy) is 1. The van der Waals surface area contributed by atoms with Gasteiger partial charge in [-0.05, 0) is 37.3 Å². The number of aryl methyl sites for hydroxylation is 1. The number of hydrogen-bond donors (Lipinski definition) is 0. The fraction of sp³-hybridized carbons (Fsp3) is 0.316. The van der Waals surface area contributed by atoms with Gasteiger partial charge in [-0.15, -0.1) is 10.2 Å². The molecule has 0 radical (unpaired) electrons. The van der Waals surface area contributed by atoms with Gasteiger partial charge in [0.05, 0.1) is 13.5 Å². The van der Waals surface area contributed by atoms with Gasteiger partial charge in [-0.1, -0.05) is 23.7 Å². The number of nitrogens with zero attached hydrogens (tertiary/aromatic N) is 5. The highest BCUT2D eigenvalue weighted by molar-refractivity contribution is 6.30. The number of carbonyl (C=O) groups excluding carboxylic acids is 2. The standard InChI is InChI=1S/C19H20ClN5O3/c1-12-9-16(13(2)24(12)8-7-18(27)28-3)17(26)11-25-22-19(21-23-25)14-5-4-6-15(20)10-14/h4-6,9-10H,7-8,11H2,1-3H3. The summed E-state index contributed by atoms with van der Waals surface area (Å²) in [6.07, 6.45) is 0.244. The summed E-state index contributed by atoms with van der Waals surface area (Å²) in [5.74, 6) is -0.0213. The summed E-state index contributed by atoms with van der Waals surface area (Å²) >= 11 is 5.99.